The SMILES string of the molecule is CCNCc1ccoc1CN1CCCCC1. The highest BCUT2D eigenvalue weighted by Crippen LogP contribution is 2.16. The van der Waals surface area contributed by atoms with Crippen LogP contribution in [0.15, 0.2) is 16.7 Å². The number of rotatable bonds is 5. The highest BCUT2D eigenvalue weighted by atomic mass is 16.3. The van der Waals surface area contributed by atoms with Gasteiger partial charge in [-0.1, -0.05) is 13.3 Å². The summed E-state index contributed by atoms with van der Waals surface area (Å²) in [6, 6.07) is 2.09. The minimum atomic E-state index is 0.927. The molecule has 0 saturated carbocycles. The molecule has 0 aromatic carbocycles. The van der Waals surface area contributed by atoms with Crippen LogP contribution in [0.5, 0.6) is 0 Å². The Balaban J connectivity index is 1.89. The predicted octanol–water partition coefficient (Wildman–Crippen LogP) is 2.38. The van der Waals surface area contributed by atoms with Crippen LogP contribution in [0.25, 0.3) is 0 Å². The Kier molecular flexibility index (Phi) is 4.43. The van der Waals surface area contributed by atoms with Crippen LogP contribution in [0.3, 0.4) is 0 Å². The normalized spacial score (nSPS) is 17.8. The molecular formula is C13H22N2O. The summed E-state index contributed by atoms with van der Waals surface area (Å²) >= 11 is 0. The first-order chi connectivity index (χ1) is 7.90. The Morgan fingerprint density at radius 3 is 2.88 bits per heavy atom. The van der Waals surface area contributed by atoms with Crippen LogP contribution >= 0.6 is 0 Å². The van der Waals surface area contributed by atoms with Gasteiger partial charge in [-0.3, -0.25) is 4.90 Å². The minimum absolute atomic E-state index is 0.927. The lowest BCUT2D eigenvalue weighted by molar-refractivity contribution is 0.204. The third kappa shape index (κ3) is 3.09. The van der Waals surface area contributed by atoms with Gasteiger partial charge in [0.1, 0.15) is 5.76 Å². The van der Waals surface area contributed by atoms with Crippen LogP contribution in [0, 0.1) is 0 Å². The Bertz CT molecular complexity index is 303. The van der Waals surface area contributed by atoms with Gasteiger partial charge < -0.3 is 9.73 Å². The van der Waals surface area contributed by atoms with Gasteiger partial charge in [-0.15, -0.1) is 0 Å². The van der Waals surface area contributed by atoms with E-state index in [4.69, 9.17) is 4.42 Å². The number of nitrogens with one attached hydrogen (secondary N) is 1. The number of hydrogen-bond donors (Lipinski definition) is 1. The Labute approximate surface area is 97.8 Å². The van der Waals surface area contributed by atoms with Gasteiger partial charge in [0, 0.05) is 12.1 Å². The standard InChI is InChI=1S/C13H22N2O/c1-2-14-10-12-6-9-16-13(12)11-15-7-4-3-5-8-15/h6,9,14H,2-5,7-8,10-11H2,1H3. The molecule has 0 amide bonds. The van der Waals surface area contributed by atoms with Crippen LogP contribution < -0.4 is 5.32 Å². The molecule has 2 heterocycles. The van der Waals surface area contributed by atoms with E-state index in [1.54, 1.807) is 0 Å². The molecule has 0 unspecified atom stereocenters. The molecule has 16 heavy (non-hydrogen) atoms. The number of likely N-dealkylation sites (tertiary alicyclic amines) is 1. The number of piperidine rings is 1. The Morgan fingerprint density at radius 1 is 1.31 bits per heavy atom. The topological polar surface area (TPSA) is 28.4 Å². The van der Waals surface area contributed by atoms with Crippen molar-refractivity contribution in [1.29, 1.82) is 0 Å². The van der Waals surface area contributed by atoms with Crippen LogP contribution in [-0.4, -0.2) is 24.5 Å². The maximum Gasteiger partial charge on any atom is 0.122 e. The van der Waals surface area contributed by atoms with Gasteiger partial charge >= 0.3 is 0 Å². The van der Waals surface area contributed by atoms with E-state index in [2.05, 4.69) is 23.2 Å². The van der Waals surface area contributed by atoms with Gasteiger partial charge in [0.15, 0.2) is 0 Å². The molecule has 3 nitrogen and oxygen atoms in total. The molecule has 0 atom stereocenters. The number of hydrogen-bond acceptors (Lipinski definition) is 3. The molecule has 0 radical (unpaired) electrons. The monoisotopic (exact) mass is 222 g/mol. The van der Waals surface area contributed by atoms with E-state index in [0.29, 0.717) is 0 Å². The third-order valence-electron chi connectivity index (χ3n) is 3.22. The molecular weight excluding hydrogens is 200 g/mol. The highest BCUT2D eigenvalue weighted by molar-refractivity contribution is 5.16. The smallest absolute Gasteiger partial charge is 0.122 e. The fourth-order valence-corrected chi connectivity index (χ4v) is 2.24. The van der Waals surface area contributed by atoms with Gasteiger partial charge in [-0.05, 0) is 38.5 Å². The number of nitrogens with zero attached hydrogens (tertiary/aromatic N) is 1. The van der Waals surface area contributed by atoms with Gasteiger partial charge in [-0.2, -0.15) is 0 Å². The maximum atomic E-state index is 5.58. The van der Waals surface area contributed by atoms with Gasteiger partial charge in [0.25, 0.3) is 0 Å². The molecule has 1 aromatic heterocycles. The predicted molar refractivity (Wildman–Crippen MR) is 65.2 cm³/mol. The van der Waals surface area contributed by atoms with E-state index in [1.807, 2.05) is 6.26 Å². The first-order valence-electron chi connectivity index (χ1n) is 6.38. The van der Waals surface area contributed by atoms with E-state index in [-0.39, 0.29) is 0 Å². The van der Waals surface area contributed by atoms with Crippen LogP contribution in [0.2, 0.25) is 0 Å². The fraction of sp³-hybridized carbons (Fsp3) is 0.692. The quantitative estimate of drug-likeness (QED) is 0.829. The van der Waals surface area contributed by atoms with E-state index < -0.39 is 0 Å². The van der Waals surface area contributed by atoms with E-state index >= 15 is 0 Å². The van der Waals surface area contributed by atoms with Crippen molar-refractivity contribution in [3.8, 4) is 0 Å². The Hall–Kier alpha value is -0.800. The summed E-state index contributed by atoms with van der Waals surface area (Å²) < 4.78 is 5.58. The summed E-state index contributed by atoms with van der Waals surface area (Å²) in [5.74, 6) is 1.14. The van der Waals surface area contributed by atoms with Crippen molar-refractivity contribution in [2.24, 2.45) is 0 Å². The lowest BCUT2D eigenvalue weighted by Gasteiger charge is -2.25. The summed E-state index contributed by atoms with van der Waals surface area (Å²) in [4.78, 5) is 2.50. The summed E-state index contributed by atoms with van der Waals surface area (Å²) in [5.41, 5.74) is 1.31. The number of furan rings is 1. The second-order valence-electron chi connectivity index (χ2n) is 4.49. The lowest BCUT2D eigenvalue weighted by atomic mass is 10.1. The second kappa shape index (κ2) is 6.06. The Morgan fingerprint density at radius 2 is 2.12 bits per heavy atom. The largest absolute Gasteiger partial charge is 0.468 e. The maximum absolute atomic E-state index is 5.58. The zero-order chi connectivity index (χ0) is 11.2. The second-order valence-corrected chi connectivity index (χ2v) is 4.49. The van der Waals surface area contributed by atoms with Crippen LogP contribution in [-0.2, 0) is 13.1 Å². The van der Waals surface area contributed by atoms with E-state index in [9.17, 15) is 0 Å². The van der Waals surface area contributed by atoms with Crippen LogP contribution in [0.4, 0.5) is 0 Å². The first-order valence-corrected chi connectivity index (χ1v) is 6.38. The van der Waals surface area contributed by atoms with Crippen molar-refractivity contribution in [2.45, 2.75) is 39.3 Å². The molecule has 3 heteroatoms. The summed E-state index contributed by atoms with van der Waals surface area (Å²) in [7, 11) is 0. The molecule has 1 aliphatic rings. The van der Waals surface area contributed by atoms with E-state index in [0.717, 1.165) is 25.4 Å². The van der Waals surface area contributed by atoms with E-state index in [1.165, 1.54) is 37.9 Å². The van der Waals surface area contributed by atoms with Gasteiger partial charge in [-0.25, -0.2) is 0 Å². The first kappa shape index (κ1) is 11.7. The van der Waals surface area contributed by atoms with Crippen molar-refractivity contribution in [3.63, 3.8) is 0 Å². The zero-order valence-corrected chi connectivity index (χ0v) is 10.2. The van der Waals surface area contributed by atoms with Crippen molar-refractivity contribution in [3.05, 3.63) is 23.7 Å². The van der Waals surface area contributed by atoms with Crippen molar-refractivity contribution in [1.82, 2.24) is 10.2 Å². The average Bonchev–Trinajstić information content (AvgIpc) is 2.75. The molecule has 1 fully saturated rings. The third-order valence-corrected chi connectivity index (χ3v) is 3.22. The van der Waals surface area contributed by atoms with Gasteiger partial charge in [0.2, 0.25) is 0 Å². The summed E-state index contributed by atoms with van der Waals surface area (Å²) in [5, 5.41) is 3.35. The molecule has 2 rings (SSSR count). The van der Waals surface area contributed by atoms with Crippen molar-refractivity contribution >= 4 is 0 Å². The van der Waals surface area contributed by atoms with Crippen molar-refractivity contribution < 1.29 is 4.42 Å². The molecule has 90 valence electrons. The fourth-order valence-electron chi connectivity index (χ4n) is 2.24. The molecule has 1 saturated heterocycles. The molecule has 0 bridgehead atoms. The van der Waals surface area contributed by atoms with Crippen molar-refractivity contribution in [2.75, 3.05) is 19.6 Å². The summed E-state index contributed by atoms with van der Waals surface area (Å²) in [6.07, 6.45) is 5.87. The minimum Gasteiger partial charge on any atom is -0.468 e. The zero-order valence-electron chi connectivity index (χ0n) is 10.2. The van der Waals surface area contributed by atoms with Gasteiger partial charge in [0.05, 0.1) is 12.8 Å². The molecule has 1 aromatic rings. The summed E-state index contributed by atoms with van der Waals surface area (Å²) in [6.45, 7) is 7.49. The molecule has 0 spiro atoms. The molecule has 1 N–H and O–H groups in total. The average molecular weight is 222 g/mol. The molecule has 0 aliphatic carbocycles. The molecule has 1 aliphatic heterocycles. The lowest BCUT2D eigenvalue weighted by Crippen LogP contribution is -2.29. The highest BCUT2D eigenvalue weighted by Gasteiger charge is 2.14. The van der Waals surface area contributed by atoms with Crippen LogP contribution in [0.1, 0.15) is 37.5 Å².